The van der Waals surface area contributed by atoms with Gasteiger partial charge in [0.2, 0.25) is 0 Å². The number of hydrogen-bond acceptors (Lipinski definition) is 6. The Labute approximate surface area is 240 Å². The molecule has 214 valence electrons. The lowest BCUT2D eigenvalue weighted by molar-refractivity contribution is -0.139. The van der Waals surface area contributed by atoms with E-state index in [-0.39, 0.29) is 30.4 Å². The van der Waals surface area contributed by atoms with E-state index in [1.807, 2.05) is 62.4 Å². The van der Waals surface area contributed by atoms with E-state index in [4.69, 9.17) is 21.1 Å². The first-order valence-electron chi connectivity index (χ1n) is 12.8. The number of rotatable bonds is 14. The number of aliphatic carboxylic acids is 1. The first-order chi connectivity index (χ1) is 19.0. The van der Waals surface area contributed by atoms with Crippen molar-refractivity contribution in [2.45, 2.75) is 39.0 Å². The van der Waals surface area contributed by atoms with Gasteiger partial charge in [-0.2, -0.15) is 0 Å². The highest BCUT2D eigenvalue weighted by atomic mass is 35.5. The SMILES string of the molecule is CCOC[C@@H](OCc1ccc(C(=O)N[C@@H](CCS(C)(=O)=O)C(=O)O)c(-c2ccccc2C)c1)c1cccc(Cl)c1. The number of ether oxygens (including phenoxy) is 2. The van der Waals surface area contributed by atoms with E-state index in [0.29, 0.717) is 23.8 Å². The molecule has 0 aromatic heterocycles. The first-order valence-corrected chi connectivity index (χ1v) is 15.3. The van der Waals surface area contributed by atoms with E-state index in [1.165, 1.54) is 0 Å². The highest BCUT2D eigenvalue weighted by Crippen LogP contribution is 2.30. The maximum Gasteiger partial charge on any atom is 0.326 e. The Morgan fingerprint density at radius 3 is 2.42 bits per heavy atom. The highest BCUT2D eigenvalue weighted by Gasteiger charge is 2.24. The van der Waals surface area contributed by atoms with Crippen LogP contribution in [0.4, 0.5) is 0 Å². The molecule has 0 radical (unpaired) electrons. The third kappa shape index (κ3) is 9.16. The molecule has 3 aromatic rings. The van der Waals surface area contributed by atoms with Gasteiger partial charge in [-0.3, -0.25) is 4.79 Å². The van der Waals surface area contributed by atoms with Crippen molar-refractivity contribution < 1.29 is 32.6 Å². The quantitative estimate of drug-likeness (QED) is 0.265. The van der Waals surface area contributed by atoms with Crippen molar-refractivity contribution in [3.05, 3.63) is 94.0 Å². The van der Waals surface area contributed by atoms with E-state index < -0.39 is 27.8 Å². The molecule has 10 heteroatoms. The summed E-state index contributed by atoms with van der Waals surface area (Å²) < 4.78 is 35.0. The average Bonchev–Trinajstić information content (AvgIpc) is 2.90. The molecule has 3 aromatic carbocycles. The molecule has 0 unspecified atom stereocenters. The summed E-state index contributed by atoms with van der Waals surface area (Å²) in [5, 5.41) is 12.7. The molecule has 40 heavy (non-hydrogen) atoms. The molecule has 0 bridgehead atoms. The van der Waals surface area contributed by atoms with Crippen molar-refractivity contribution in [3.8, 4) is 11.1 Å². The van der Waals surface area contributed by atoms with E-state index in [9.17, 15) is 23.1 Å². The Balaban J connectivity index is 1.91. The molecule has 8 nitrogen and oxygen atoms in total. The fourth-order valence-corrected chi connectivity index (χ4v) is 5.03. The Hall–Kier alpha value is -3.24. The summed E-state index contributed by atoms with van der Waals surface area (Å²) in [6.07, 6.45) is 0.418. The summed E-state index contributed by atoms with van der Waals surface area (Å²) in [4.78, 5) is 25.1. The molecule has 0 aliphatic carbocycles. The van der Waals surface area contributed by atoms with Gasteiger partial charge in [0.15, 0.2) is 0 Å². The van der Waals surface area contributed by atoms with Crippen LogP contribution >= 0.6 is 11.6 Å². The van der Waals surface area contributed by atoms with Gasteiger partial charge in [-0.1, -0.05) is 54.1 Å². The summed E-state index contributed by atoms with van der Waals surface area (Å²) in [6, 6.07) is 18.8. The van der Waals surface area contributed by atoms with Crippen LogP contribution < -0.4 is 5.32 Å². The van der Waals surface area contributed by atoms with Crippen molar-refractivity contribution in [1.82, 2.24) is 5.32 Å². The van der Waals surface area contributed by atoms with Crippen molar-refractivity contribution in [1.29, 1.82) is 0 Å². The maximum atomic E-state index is 13.3. The number of halogens is 1. The van der Waals surface area contributed by atoms with Gasteiger partial charge in [0.05, 0.1) is 19.0 Å². The molecule has 0 aliphatic rings. The molecule has 0 heterocycles. The molecule has 0 fully saturated rings. The molecule has 0 saturated carbocycles. The van der Waals surface area contributed by atoms with Crippen LogP contribution in [0.25, 0.3) is 11.1 Å². The lowest BCUT2D eigenvalue weighted by Crippen LogP contribution is -2.42. The Morgan fingerprint density at radius 2 is 1.77 bits per heavy atom. The number of aryl methyl sites for hydroxylation is 1. The number of sulfone groups is 1. The zero-order valence-corrected chi connectivity index (χ0v) is 24.3. The standard InChI is InChI=1S/C30H34ClNO7S/c1-4-38-19-28(22-9-7-10-23(31)17-22)39-18-21-12-13-25(26(16-21)24-11-6-5-8-20(24)2)29(33)32-27(30(34)35)14-15-40(3,36)37/h5-13,16-17,27-28H,4,14-15,18-19H2,1-3H3,(H,32,33)(H,34,35)/t27-,28+/m0/s1. The van der Waals surface area contributed by atoms with Gasteiger partial charge >= 0.3 is 5.97 Å². The summed E-state index contributed by atoms with van der Waals surface area (Å²) in [6.45, 7) is 4.92. The van der Waals surface area contributed by atoms with Gasteiger partial charge in [0.1, 0.15) is 22.0 Å². The van der Waals surface area contributed by atoms with Crippen molar-refractivity contribution in [2.75, 3.05) is 25.2 Å². The normalized spacial score (nSPS) is 13.0. The number of amides is 1. The van der Waals surface area contributed by atoms with Crippen LogP contribution in [0.5, 0.6) is 0 Å². The lowest BCUT2D eigenvalue weighted by atomic mass is 9.93. The molecule has 0 spiro atoms. The van der Waals surface area contributed by atoms with Crippen molar-refractivity contribution >= 4 is 33.3 Å². The van der Waals surface area contributed by atoms with E-state index >= 15 is 0 Å². The van der Waals surface area contributed by atoms with Gasteiger partial charge in [0, 0.05) is 23.4 Å². The summed E-state index contributed by atoms with van der Waals surface area (Å²) in [7, 11) is -3.40. The fourth-order valence-electron chi connectivity index (χ4n) is 4.17. The van der Waals surface area contributed by atoms with Crippen LogP contribution in [-0.4, -0.2) is 56.7 Å². The zero-order valence-electron chi connectivity index (χ0n) is 22.7. The van der Waals surface area contributed by atoms with Crippen LogP contribution in [0, 0.1) is 6.92 Å². The topological polar surface area (TPSA) is 119 Å². The first kappa shape index (κ1) is 31.3. The molecular weight excluding hydrogens is 554 g/mol. The second-order valence-electron chi connectivity index (χ2n) is 9.49. The van der Waals surface area contributed by atoms with Gasteiger partial charge in [0.25, 0.3) is 5.91 Å². The maximum absolute atomic E-state index is 13.3. The molecule has 1 amide bonds. The Bertz CT molecular complexity index is 1440. The van der Waals surface area contributed by atoms with E-state index in [2.05, 4.69) is 5.32 Å². The minimum Gasteiger partial charge on any atom is -0.480 e. The van der Waals surface area contributed by atoms with Crippen LogP contribution in [0.3, 0.4) is 0 Å². The van der Waals surface area contributed by atoms with Crippen LogP contribution in [-0.2, 0) is 30.7 Å². The highest BCUT2D eigenvalue weighted by molar-refractivity contribution is 7.90. The Kier molecular flexibility index (Phi) is 11.3. The molecule has 3 rings (SSSR count). The molecule has 2 N–H and O–H groups in total. The number of carbonyl (C=O) groups excluding carboxylic acids is 1. The minimum atomic E-state index is -3.40. The second kappa shape index (κ2) is 14.4. The minimum absolute atomic E-state index is 0.219. The summed E-state index contributed by atoms with van der Waals surface area (Å²) in [5.41, 5.74) is 4.28. The zero-order chi connectivity index (χ0) is 29.3. The third-order valence-corrected chi connectivity index (χ3v) is 7.50. The number of nitrogens with one attached hydrogen (secondary N) is 1. The molecule has 0 saturated heterocycles. The number of carbonyl (C=O) groups is 2. The van der Waals surface area contributed by atoms with E-state index in [0.717, 1.165) is 28.5 Å². The van der Waals surface area contributed by atoms with Crippen LogP contribution in [0.1, 0.15) is 46.5 Å². The summed E-state index contributed by atoms with van der Waals surface area (Å²) in [5.74, 6) is -2.28. The van der Waals surface area contributed by atoms with E-state index in [1.54, 1.807) is 18.2 Å². The van der Waals surface area contributed by atoms with Crippen molar-refractivity contribution in [3.63, 3.8) is 0 Å². The molecular formula is C30H34ClNO7S. The van der Waals surface area contributed by atoms with Crippen molar-refractivity contribution in [2.24, 2.45) is 0 Å². The third-order valence-electron chi connectivity index (χ3n) is 6.29. The van der Waals surface area contributed by atoms with Crippen LogP contribution in [0.2, 0.25) is 5.02 Å². The van der Waals surface area contributed by atoms with Crippen LogP contribution in [0.15, 0.2) is 66.7 Å². The van der Waals surface area contributed by atoms with Gasteiger partial charge in [-0.05, 0) is 72.4 Å². The molecule has 0 aliphatic heterocycles. The number of carboxylic acids is 1. The number of hydrogen-bond donors (Lipinski definition) is 2. The largest absolute Gasteiger partial charge is 0.480 e. The monoisotopic (exact) mass is 587 g/mol. The van der Waals surface area contributed by atoms with Gasteiger partial charge in [-0.15, -0.1) is 0 Å². The molecule has 2 atom stereocenters. The summed E-state index contributed by atoms with van der Waals surface area (Å²) >= 11 is 6.19. The smallest absolute Gasteiger partial charge is 0.326 e. The second-order valence-corrected chi connectivity index (χ2v) is 12.2. The Morgan fingerprint density at radius 1 is 1.02 bits per heavy atom. The van der Waals surface area contributed by atoms with Gasteiger partial charge in [-0.25, -0.2) is 13.2 Å². The van der Waals surface area contributed by atoms with Gasteiger partial charge < -0.3 is 19.9 Å². The predicted octanol–water partition coefficient (Wildman–Crippen LogP) is 5.23. The lowest BCUT2D eigenvalue weighted by Gasteiger charge is -2.20. The average molecular weight is 588 g/mol. The fraction of sp³-hybridized carbons (Fsp3) is 0.333. The predicted molar refractivity (Wildman–Crippen MR) is 155 cm³/mol. The number of benzene rings is 3. The number of carboxylic acid groups (broad SMARTS) is 1.